The fourth-order valence-electron chi connectivity index (χ4n) is 5.34. The van der Waals surface area contributed by atoms with Crippen molar-refractivity contribution in [1.82, 2.24) is 4.57 Å². The Morgan fingerprint density at radius 3 is 2.21 bits per heavy atom. The van der Waals surface area contributed by atoms with Crippen molar-refractivity contribution in [3.63, 3.8) is 0 Å². The molecule has 38 heavy (non-hydrogen) atoms. The fraction of sp³-hybridized carbons (Fsp3) is 0.118. The number of aliphatic hydroxyl groups excluding tert-OH is 1. The molecule has 0 aliphatic rings. The van der Waals surface area contributed by atoms with Gasteiger partial charge in [-0.2, -0.15) is 0 Å². The highest BCUT2D eigenvalue weighted by molar-refractivity contribution is 6.15. The van der Waals surface area contributed by atoms with E-state index >= 15 is 0 Å². The maximum atomic E-state index is 11.4. The van der Waals surface area contributed by atoms with Gasteiger partial charge in [0.1, 0.15) is 5.75 Å². The molecule has 0 aliphatic carbocycles. The monoisotopic (exact) mass is 498 g/mol. The minimum atomic E-state index is -0.623. The SMILES string of the molecule is COc1cccc(NC[C@H](O)Cn2c(-c3ccccc3)c(-c3ccccc3)c3ccc4ccccc4c32)c1. The lowest BCUT2D eigenvalue weighted by atomic mass is 9.97. The van der Waals surface area contributed by atoms with Crippen LogP contribution < -0.4 is 10.1 Å². The van der Waals surface area contributed by atoms with Crippen molar-refractivity contribution < 1.29 is 9.84 Å². The number of anilines is 1. The highest BCUT2D eigenvalue weighted by Gasteiger charge is 2.23. The minimum Gasteiger partial charge on any atom is -0.497 e. The number of aliphatic hydroxyl groups is 1. The summed E-state index contributed by atoms with van der Waals surface area (Å²) in [5, 5.41) is 18.3. The van der Waals surface area contributed by atoms with Crippen LogP contribution in [0.15, 0.2) is 121 Å². The standard InChI is InChI=1S/C34H30N2O2/c1-38-29-17-10-16-27(21-29)35-22-28(37)23-36-33(26-14-6-3-7-15-26)32(25-12-4-2-5-13-25)31-20-19-24-11-8-9-18-30(24)34(31)36/h2-21,28,35,37H,22-23H2,1H3/t28-/m0/s1. The van der Waals surface area contributed by atoms with E-state index in [4.69, 9.17) is 4.74 Å². The maximum Gasteiger partial charge on any atom is 0.120 e. The van der Waals surface area contributed by atoms with Crippen LogP contribution in [0.2, 0.25) is 0 Å². The van der Waals surface area contributed by atoms with Crippen LogP contribution in [-0.2, 0) is 6.54 Å². The number of hydrogen-bond donors (Lipinski definition) is 2. The summed E-state index contributed by atoms with van der Waals surface area (Å²) < 4.78 is 7.66. The highest BCUT2D eigenvalue weighted by atomic mass is 16.5. The number of rotatable bonds is 8. The molecular weight excluding hydrogens is 468 g/mol. The number of ether oxygens (including phenoxy) is 1. The van der Waals surface area contributed by atoms with Gasteiger partial charge in [0.05, 0.1) is 31.0 Å². The molecule has 1 heterocycles. The molecule has 0 saturated heterocycles. The average Bonchev–Trinajstić information content (AvgIpc) is 3.31. The molecule has 0 bridgehead atoms. The van der Waals surface area contributed by atoms with E-state index in [0.717, 1.165) is 33.8 Å². The maximum absolute atomic E-state index is 11.4. The summed E-state index contributed by atoms with van der Waals surface area (Å²) in [6.45, 7) is 0.852. The van der Waals surface area contributed by atoms with E-state index in [0.29, 0.717) is 13.1 Å². The Hall–Kier alpha value is -4.54. The Bertz CT molecular complexity index is 1690. The molecule has 6 rings (SSSR count). The summed E-state index contributed by atoms with van der Waals surface area (Å²) >= 11 is 0. The number of benzene rings is 5. The summed E-state index contributed by atoms with van der Waals surface area (Å²) in [4.78, 5) is 0. The minimum absolute atomic E-state index is 0.409. The van der Waals surface area contributed by atoms with Gasteiger partial charge in [0, 0.05) is 34.6 Å². The van der Waals surface area contributed by atoms with Gasteiger partial charge in [-0.1, -0.05) is 103 Å². The number of hydrogen-bond acceptors (Lipinski definition) is 3. The second kappa shape index (κ2) is 10.4. The zero-order valence-electron chi connectivity index (χ0n) is 21.3. The first kappa shape index (κ1) is 23.8. The van der Waals surface area contributed by atoms with E-state index in [9.17, 15) is 5.11 Å². The van der Waals surface area contributed by atoms with Gasteiger partial charge in [-0.15, -0.1) is 0 Å². The number of fused-ring (bicyclic) bond motifs is 3. The van der Waals surface area contributed by atoms with Crippen molar-refractivity contribution in [2.75, 3.05) is 19.0 Å². The molecule has 188 valence electrons. The molecule has 5 aromatic carbocycles. The first-order valence-corrected chi connectivity index (χ1v) is 12.9. The van der Waals surface area contributed by atoms with Crippen molar-refractivity contribution in [3.8, 4) is 28.1 Å². The number of nitrogens with one attached hydrogen (secondary N) is 1. The number of aromatic nitrogens is 1. The zero-order valence-corrected chi connectivity index (χ0v) is 21.3. The van der Waals surface area contributed by atoms with E-state index in [-0.39, 0.29) is 0 Å². The van der Waals surface area contributed by atoms with Crippen molar-refractivity contribution in [1.29, 1.82) is 0 Å². The Morgan fingerprint density at radius 1 is 0.737 bits per heavy atom. The molecule has 0 unspecified atom stereocenters. The topological polar surface area (TPSA) is 46.4 Å². The summed E-state index contributed by atoms with van der Waals surface area (Å²) in [5.41, 5.74) is 6.64. The second-order valence-corrected chi connectivity index (χ2v) is 9.52. The fourth-order valence-corrected chi connectivity index (χ4v) is 5.34. The Labute approximate surface area is 222 Å². The first-order chi connectivity index (χ1) is 18.7. The number of methoxy groups -OCH3 is 1. The quantitative estimate of drug-likeness (QED) is 0.227. The Morgan fingerprint density at radius 2 is 1.45 bits per heavy atom. The summed E-state index contributed by atoms with van der Waals surface area (Å²) in [6, 6.07) is 41.7. The molecule has 6 aromatic rings. The predicted octanol–water partition coefficient (Wildman–Crippen LogP) is 7.61. The third-order valence-corrected chi connectivity index (χ3v) is 7.06. The van der Waals surface area contributed by atoms with Crippen molar-refractivity contribution in [2.45, 2.75) is 12.6 Å². The molecule has 0 radical (unpaired) electrons. The molecule has 0 amide bonds. The van der Waals surface area contributed by atoms with Crippen LogP contribution in [0.3, 0.4) is 0 Å². The van der Waals surface area contributed by atoms with E-state index in [1.54, 1.807) is 7.11 Å². The van der Waals surface area contributed by atoms with Crippen LogP contribution in [0.5, 0.6) is 5.75 Å². The smallest absolute Gasteiger partial charge is 0.120 e. The van der Waals surface area contributed by atoms with Crippen LogP contribution in [0.1, 0.15) is 0 Å². The Balaban J connectivity index is 1.51. The molecule has 1 atom stereocenters. The number of nitrogens with zero attached hydrogens (tertiary/aromatic N) is 1. The molecule has 4 nitrogen and oxygen atoms in total. The van der Waals surface area contributed by atoms with Gasteiger partial charge < -0.3 is 19.7 Å². The lowest BCUT2D eigenvalue weighted by Gasteiger charge is -2.19. The van der Waals surface area contributed by atoms with Crippen molar-refractivity contribution >= 4 is 27.4 Å². The third-order valence-electron chi connectivity index (χ3n) is 7.06. The second-order valence-electron chi connectivity index (χ2n) is 9.52. The van der Waals surface area contributed by atoms with E-state index < -0.39 is 6.10 Å². The normalized spacial score (nSPS) is 12.1. The first-order valence-electron chi connectivity index (χ1n) is 12.9. The van der Waals surface area contributed by atoms with Gasteiger partial charge in [0.2, 0.25) is 0 Å². The van der Waals surface area contributed by atoms with Gasteiger partial charge in [-0.3, -0.25) is 0 Å². The van der Waals surface area contributed by atoms with Crippen LogP contribution in [-0.4, -0.2) is 29.4 Å². The molecule has 0 saturated carbocycles. The lowest BCUT2D eigenvalue weighted by molar-refractivity contribution is 0.169. The van der Waals surface area contributed by atoms with E-state index in [1.807, 2.05) is 36.4 Å². The molecule has 1 aromatic heterocycles. The summed E-state index contributed by atoms with van der Waals surface area (Å²) in [5.74, 6) is 0.784. The largest absolute Gasteiger partial charge is 0.497 e. The molecule has 0 fully saturated rings. The molecule has 2 N–H and O–H groups in total. The Kier molecular flexibility index (Phi) is 6.55. The van der Waals surface area contributed by atoms with Crippen molar-refractivity contribution in [2.24, 2.45) is 0 Å². The zero-order chi connectivity index (χ0) is 25.9. The summed E-state index contributed by atoms with van der Waals surface area (Å²) in [7, 11) is 1.66. The van der Waals surface area contributed by atoms with Crippen LogP contribution in [0.4, 0.5) is 5.69 Å². The van der Waals surface area contributed by atoms with E-state index in [2.05, 4.69) is 94.8 Å². The van der Waals surface area contributed by atoms with Crippen molar-refractivity contribution in [3.05, 3.63) is 121 Å². The molecule has 0 spiro atoms. The van der Waals surface area contributed by atoms with Gasteiger partial charge in [-0.25, -0.2) is 0 Å². The molecular formula is C34H30N2O2. The van der Waals surface area contributed by atoms with Gasteiger partial charge in [0.15, 0.2) is 0 Å². The molecule has 0 aliphatic heterocycles. The predicted molar refractivity (Wildman–Crippen MR) is 158 cm³/mol. The summed E-state index contributed by atoms with van der Waals surface area (Å²) in [6.07, 6.45) is -0.623. The molecule has 4 heteroatoms. The van der Waals surface area contributed by atoms with Gasteiger partial charge in [-0.05, 0) is 28.6 Å². The average molecular weight is 499 g/mol. The van der Waals surface area contributed by atoms with Gasteiger partial charge in [0.25, 0.3) is 0 Å². The highest BCUT2D eigenvalue weighted by Crippen LogP contribution is 2.43. The van der Waals surface area contributed by atoms with E-state index in [1.165, 1.54) is 21.7 Å². The van der Waals surface area contributed by atoms with Crippen LogP contribution in [0, 0.1) is 0 Å². The van der Waals surface area contributed by atoms with Crippen LogP contribution in [0.25, 0.3) is 44.1 Å². The van der Waals surface area contributed by atoms with Crippen LogP contribution >= 0.6 is 0 Å². The van der Waals surface area contributed by atoms with Gasteiger partial charge >= 0.3 is 0 Å². The lowest BCUT2D eigenvalue weighted by Crippen LogP contribution is -2.25. The third kappa shape index (κ3) is 4.51.